The van der Waals surface area contributed by atoms with E-state index in [1.165, 1.54) is 43.7 Å². The van der Waals surface area contributed by atoms with Gasteiger partial charge in [-0.25, -0.2) is 0 Å². The number of furan rings is 1. The molecule has 0 radical (unpaired) electrons. The van der Waals surface area contributed by atoms with Crippen LogP contribution in [0.2, 0.25) is 0 Å². The van der Waals surface area contributed by atoms with Gasteiger partial charge in [0.15, 0.2) is 0 Å². The van der Waals surface area contributed by atoms with Gasteiger partial charge in [0, 0.05) is 49.7 Å². The van der Waals surface area contributed by atoms with Gasteiger partial charge in [-0.2, -0.15) is 0 Å². The molecule has 0 aliphatic carbocycles. The van der Waals surface area contributed by atoms with E-state index in [1.807, 2.05) is 12.1 Å². The van der Waals surface area contributed by atoms with E-state index in [4.69, 9.17) is 4.42 Å². The summed E-state index contributed by atoms with van der Waals surface area (Å²) < 4.78 is 8.74. The quantitative estimate of drug-likeness (QED) is 0.152. The molecule has 0 fully saturated rings. The van der Waals surface area contributed by atoms with Crippen LogP contribution >= 0.6 is 0 Å². The molecule has 13 aromatic rings. The minimum atomic E-state index is 0.893. The summed E-state index contributed by atoms with van der Waals surface area (Å²) in [5.41, 5.74) is 17.8. The minimum Gasteiger partial charge on any atom is -0.456 e. The fourth-order valence-electron chi connectivity index (χ4n) is 10.2. The molecule has 3 nitrogen and oxygen atoms in total. The summed E-state index contributed by atoms with van der Waals surface area (Å²) in [7, 11) is 0. The zero-order valence-corrected chi connectivity index (χ0v) is 36.6. The summed E-state index contributed by atoms with van der Waals surface area (Å²) in [5.74, 6) is 0. The van der Waals surface area contributed by atoms with Crippen molar-refractivity contribution in [2.24, 2.45) is 0 Å². The van der Waals surface area contributed by atoms with Crippen molar-refractivity contribution >= 4 is 71.6 Å². The zero-order chi connectivity index (χ0) is 44.3. The summed E-state index contributed by atoms with van der Waals surface area (Å²) >= 11 is 0. The van der Waals surface area contributed by atoms with E-state index in [1.54, 1.807) is 0 Å². The van der Waals surface area contributed by atoms with Crippen molar-refractivity contribution in [3.05, 3.63) is 255 Å². The van der Waals surface area contributed by atoms with Gasteiger partial charge >= 0.3 is 0 Å². The third-order valence-corrected chi connectivity index (χ3v) is 13.4. The van der Waals surface area contributed by atoms with Gasteiger partial charge in [0.1, 0.15) is 11.2 Å². The standard InChI is InChI=1S/C64H42N2O/c1-4-15-43(16-5-1)49-39-50(44-17-6-2-7-18-44)41-54(40-49)65(53-35-29-47(30-36-53)55-24-14-26-62-63(55)59-23-12-13-25-61(59)67-62)52-33-27-45(28-34-52)48-32-37-57-58-38-31-46-19-10-11-22-56(46)64(58)66(60(57)42-48)51-20-8-3-9-21-51/h1-42H. The molecular weight excluding hydrogens is 813 g/mol. The van der Waals surface area contributed by atoms with E-state index in [-0.39, 0.29) is 0 Å². The first kappa shape index (κ1) is 38.5. The Balaban J connectivity index is 0.962. The van der Waals surface area contributed by atoms with Crippen LogP contribution < -0.4 is 4.90 Å². The lowest BCUT2D eigenvalue weighted by Gasteiger charge is -2.27. The number of benzene rings is 11. The molecule has 0 spiro atoms. The van der Waals surface area contributed by atoms with E-state index in [2.05, 4.69) is 252 Å². The molecule has 0 aliphatic rings. The maximum absolute atomic E-state index is 6.30. The highest BCUT2D eigenvalue weighted by Crippen LogP contribution is 2.44. The Morgan fingerprint density at radius 2 is 0.866 bits per heavy atom. The highest BCUT2D eigenvalue weighted by atomic mass is 16.3. The molecule has 11 aromatic carbocycles. The SMILES string of the molecule is c1ccc(-c2cc(-c3ccccc3)cc(N(c3ccc(-c4ccc5c6ccc7ccccc7c6n(-c6ccccc6)c5c4)cc3)c3ccc(-c4cccc5oc6ccccc6c45)cc3)c2)cc1. The molecule has 0 amide bonds. The van der Waals surface area contributed by atoms with E-state index in [0.29, 0.717) is 0 Å². The molecule has 314 valence electrons. The Morgan fingerprint density at radius 3 is 1.57 bits per heavy atom. The molecule has 67 heavy (non-hydrogen) atoms. The number of hydrogen-bond acceptors (Lipinski definition) is 2. The van der Waals surface area contributed by atoms with E-state index in [9.17, 15) is 0 Å². The zero-order valence-electron chi connectivity index (χ0n) is 36.6. The highest BCUT2D eigenvalue weighted by Gasteiger charge is 2.20. The van der Waals surface area contributed by atoms with Crippen LogP contribution in [0.4, 0.5) is 17.1 Å². The lowest BCUT2D eigenvalue weighted by molar-refractivity contribution is 0.669. The second-order valence-electron chi connectivity index (χ2n) is 17.3. The maximum Gasteiger partial charge on any atom is 0.136 e. The Labute approximate surface area is 388 Å². The van der Waals surface area contributed by atoms with Crippen LogP contribution in [-0.2, 0) is 0 Å². The smallest absolute Gasteiger partial charge is 0.136 e. The first-order chi connectivity index (χ1) is 33.2. The highest BCUT2D eigenvalue weighted by molar-refractivity contribution is 6.19. The Morgan fingerprint density at radius 1 is 0.313 bits per heavy atom. The average Bonchev–Trinajstić information content (AvgIpc) is 3.96. The summed E-state index contributed by atoms with van der Waals surface area (Å²) in [6.45, 7) is 0. The third kappa shape index (κ3) is 6.67. The van der Waals surface area contributed by atoms with Gasteiger partial charge in [0.25, 0.3) is 0 Å². The number of aromatic nitrogens is 1. The van der Waals surface area contributed by atoms with Gasteiger partial charge < -0.3 is 13.9 Å². The summed E-state index contributed by atoms with van der Waals surface area (Å²) in [6, 6.07) is 92.0. The van der Waals surface area contributed by atoms with Gasteiger partial charge in [-0.1, -0.05) is 182 Å². The third-order valence-electron chi connectivity index (χ3n) is 13.4. The van der Waals surface area contributed by atoms with Gasteiger partial charge in [0.05, 0.1) is 11.0 Å². The molecule has 3 heteroatoms. The molecule has 0 aliphatic heterocycles. The molecule has 0 saturated heterocycles. The van der Waals surface area contributed by atoms with E-state index in [0.717, 1.165) is 78.1 Å². The van der Waals surface area contributed by atoms with Crippen LogP contribution in [0.3, 0.4) is 0 Å². The van der Waals surface area contributed by atoms with Crippen molar-refractivity contribution < 1.29 is 4.42 Å². The lowest BCUT2D eigenvalue weighted by Crippen LogP contribution is -2.10. The monoisotopic (exact) mass is 854 g/mol. The molecule has 0 bridgehead atoms. The molecule has 0 unspecified atom stereocenters. The average molecular weight is 855 g/mol. The second kappa shape index (κ2) is 16.0. The van der Waals surface area contributed by atoms with Crippen LogP contribution in [0.1, 0.15) is 0 Å². The van der Waals surface area contributed by atoms with Gasteiger partial charge in [-0.05, 0) is 123 Å². The fourth-order valence-corrected chi connectivity index (χ4v) is 10.2. The number of hydrogen-bond donors (Lipinski definition) is 0. The van der Waals surface area contributed by atoms with Crippen molar-refractivity contribution in [1.29, 1.82) is 0 Å². The molecule has 13 rings (SSSR count). The van der Waals surface area contributed by atoms with Crippen LogP contribution in [0.15, 0.2) is 259 Å². The van der Waals surface area contributed by atoms with Crippen LogP contribution in [0, 0.1) is 0 Å². The molecular formula is C64H42N2O. The second-order valence-corrected chi connectivity index (χ2v) is 17.3. The number of para-hydroxylation sites is 2. The van der Waals surface area contributed by atoms with Crippen LogP contribution in [0.5, 0.6) is 0 Å². The van der Waals surface area contributed by atoms with E-state index >= 15 is 0 Å². The first-order valence-corrected chi connectivity index (χ1v) is 22.9. The summed E-state index contributed by atoms with van der Waals surface area (Å²) in [5, 5.41) is 7.24. The van der Waals surface area contributed by atoms with E-state index < -0.39 is 0 Å². The normalized spacial score (nSPS) is 11.6. The Bertz CT molecular complexity index is 3890. The molecule has 2 aromatic heterocycles. The molecule has 2 heterocycles. The van der Waals surface area contributed by atoms with Crippen molar-refractivity contribution in [1.82, 2.24) is 4.57 Å². The topological polar surface area (TPSA) is 21.3 Å². The molecule has 0 saturated carbocycles. The van der Waals surface area contributed by atoms with Crippen molar-refractivity contribution in [2.45, 2.75) is 0 Å². The van der Waals surface area contributed by atoms with Crippen molar-refractivity contribution in [3.8, 4) is 50.2 Å². The number of rotatable bonds is 8. The number of nitrogens with zero attached hydrogens (tertiary/aromatic N) is 2. The predicted molar refractivity (Wildman–Crippen MR) is 282 cm³/mol. The number of anilines is 3. The first-order valence-electron chi connectivity index (χ1n) is 22.9. The predicted octanol–water partition coefficient (Wildman–Crippen LogP) is 18.0. The van der Waals surface area contributed by atoms with Crippen molar-refractivity contribution in [3.63, 3.8) is 0 Å². The fraction of sp³-hybridized carbons (Fsp3) is 0. The molecule has 0 atom stereocenters. The van der Waals surface area contributed by atoms with Gasteiger partial charge in [-0.3, -0.25) is 0 Å². The largest absolute Gasteiger partial charge is 0.456 e. The summed E-state index contributed by atoms with van der Waals surface area (Å²) in [6.07, 6.45) is 0. The van der Waals surface area contributed by atoms with Crippen LogP contribution in [0.25, 0.3) is 105 Å². The molecule has 0 N–H and O–H groups in total. The Hall–Kier alpha value is -8.92. The maximum atomic E-state index is 6.30. The lowest BCUT2D eigenvalue weighted by atomic mass is 9.96. The Kier molecular flexibility index (Phi) is 9.17. The van der Waals surface area contributed by atoms with Crippen LogP contribution in [-0.4, -0.2) is 4.57 Å². The van der Waals surface area contributed by atoms with Crippen molar-refractivity contribution in [2.75, 3.05) is 4.90 Å². The van der Waals surface area contributed by atoms with Gasteiger partial charge in [0.2, 0.25) is 0 Å². The van der Waals surface area contributed by atoms with Gasteiger partial charge in [-0.15, -0.1) is 0 Å². The minimum absolute atomic E-state index is 0.893. The summed E-state index contributed by atoms with van der Waals surface area (Å²) in [4.78, 5) is 2.39. The number of fused-ring (bicyclic) bond motifs is 8.